The first-order valence-electron chi connectivity index (χ1n) is 9.12. The first kappa shape index (κ1) is 18.2. The topological polar surface area (TPSA) is 42.4 Å². The van der Waals surface area contributed by atoms with E-state index in [-0.39, 0.29) is 5.91 Å². The summed E-state index contributed by atoms with van der Waals surface area (Å²) in [6.07, 6.45) is 2.59. The Labute approximate surface area is 167 Å². The molecule has 0 atom stereocenters. The fourth-order valence-electron chi connectivity index (χ4n) is 2.91. The van der Waals surface area contributed by atoms with Crippen LogP contribution in [0.25, 0.3) is 0 Å². The number of carbonyl (C=O) groups excluding carboxylic acids is 1. The van der Waals surface area contributed by atoms with Crippen LogP contribution in [0.4, 0.5) is 0 Å². The molecular weight excluding hydrogens is 376 g/mol. The van der Waals surface area contributed by atoms with E-state index < -0.39 is 0 Å². The first-order chi connectivity index (χ1) is 13.2. The Morgan fingerprint density at radius 2 is 2.04 bits per heavy atom. The zero-order valence-electron chi connectivity index (χ0n) is 15.3. The van der Waals surface area contributed by atoms with Crippen molar-refractivity contribution in [2.24, 2.45) is 0 Å². The highest BCUT2D eigenvalue weighted by Crippen LogP contribution is 2.30. The third-order valence-corrected chi connectivity index (χ3v) is 6.26. The van der Waals surface area contributed by atoms with Crippen molar-refractivity contribution in [2.75, 3.05) is 0 Å². The minimum Gasteiger partial charge on any atom is -0.486 e. The summed E-state index contributed by atoms with van der Waals surface area (Å²) in [5.41, 5.74) is 2.05. The normalized spacial score (nSPS) is 13.5. The lowest BCUT2D eigenvalue weighted by Crippen LogP contribution is -2.33. The molecule has 0 saturated heterocycles. The predicted octanol–water partition coefficient (Wildman–Crippen LogP) is 4.83. The highest BCUT2D eigenvalue weighted by Gasteiger charge is 2.32. The third-order valence-electron chi connectivity index (χ3n) is 4.53. The second-order valence-corrected chi connectivity index (χ2v) is 8.82. The molecule has 6 heteroatoms. The van der Waals surface area contributed by atoms with Crippen LogP contribution in [0, 0.1) is 6.92 Å². The van der Waals surface area contributed by atoms with Gasteiger partial charge in [0, 0.05) is 16.3 Å². The minimum atomic E-state index is 0.169. The number of ether oxygens (including phenoxy) is 1. The Hall–Kier alpha value is -2.18. The maximum atomic E-state index is 12.8. The molecular formula is C21H22N2O2S2. The highest BCUT2D eigenvalue weighted by molar-refractivity contribution is 7.10. The van der Waals surface area contributed by atoms with Crippen molar-refractivity contribution in [3.63, 3.8) is 0 Å². The van der Waals surface area contributed by atoms with Gasteiger partial charge in [0.25, 0.3) is 0 Å². The number of hydrogen-bond acceptors (Lipinski definition) is 5. The van der Waals surface area contributed by atoms with Crippen LogP contribution in [0.2, 0.25) is 0 Å². The summed E-state index contributed by atoms with van der Waals surface area (Å²) < 4.78 is 5.79. The van der Waals surface area contributed by atoms with Gasteiger partial charge in [-0.25, -0.2) is 4.98 Å². The van der Waals surface area contributed by atoms with Gasteiger partial charge in [0.1, 0.15) is 17.4 Å². The largest absolute Gasteiger partial charge is 0.486 e. The molecule has 4 nitrogen and oxygen atoms in total. The monoisotopic (exact) mass is 398 g/mol. The van der Waals surface area contributed by atoms with Crippen molar-refractivity contribution in [1.82, 2.24) is 9.88 Å². The van der Waals surface area contributed by atoms with Crippen molar-refractivity contribution in [3.05, 3.63) is 68.3 Å². The number of nitrogens with zero attached hydrogens (tertiary/aromatic N) is 2. The second kappa shape index (κ2) is 8.23. The maximum absolute atomic E-state index is 12.8. The molecule has 3 aromatic rings. The number of benzene rings is 1. The summed E-state index contributed by atoms with van der Waals surface area (Å²) in [6.45, 7) is 3.20. The van der Waals surface area contributed by atoms with Gasteiger partial charge < -0.3 is 9.64 Å². The minimum absolute atomic E-state index is 0.169. The Kier molecular flexibility index (Phi) is 5.55. The van der Waals surface area contributed by atoms with Crippen LogP contribution >= 0.6 is 22.7 Å². The Balaban J connectivity index is 1.33. The van der Waals surface area contributed by atoms with Crippen molar-refractivity contribution < 1.29 is 9.53 Å². The molecule has 0 aliphatic heterocycles. The molecule has 1 fully saturated rings. The number of aromatic nitrogens is 1. The Bertz CT molecular complexity index is 883. The van der Waals surface area contributed by atoms with Crippen LogP contribution in [-0.4, -0.2) is 21.8 Å². The average molecular weight is 399 g/mol. The van der Waals surface area contributed by atoms with Crippen LogP contribution in [0.1, 0.15) is 34.0 Å². The van der Waals surface area contributed by atoms with E-state index in [0.29, 0.717) is 25.6 Å². The van der Waals surface area contributed by atoms with Gasteiger partial charge in [-0.15, -0.1) is 22.7 Å². The van der Waals surface area contributed by atoms with E-state index in [2.05, 4.69) is 23.4 Å². The molecule has 1 saturated carbocycles. The van der Waals surface area contributed by atoms with E-state index in [0.717, 1.165) is 29.3 Å². The number of rotatable bonds is 8. The zero-order chi connectivity index (χ0) is 18.6. The Morgan fingerprint density at radius 1 is 1.22 bits per heavy atom. The van der Waals surface area contributed by atoms with E-state index in [9.17, 15) is 4.79 Å². The molecule has 0 unspecified atom stereocenters. The fraction of sp³-hybridized carbons (Fsp3) is 0.333. The summed E-state index contributed by atoms with van der Waals surface area (Å²) >= 11 is 3.26. The molecule has 0 bridgehead atoms. The molecule has 27 heavy (non-hydrogen) atoms. The zero-order valence-corrected chi connectivity index (χ0v) is 16.9. The standard InChI is InChI=1S/C21H22N2O2S2/c1-15-4-8-18(9-5-15)25-13-20-22-16(14-27-20)11-21(24)23(17-6-7-17)12-19-3-2-10-26-19/h2-5,8-10,14,17H,6-7,11-13H2,1H3. The summed E-state index contributed by atoms with van der Waals surface area (Å²) in [4.78, 5) is 20.7. The van der Waals surface area contributed by atoms with Crippen LogP contribution in [-0.2, 0) is 24.4 Å². The number of thiophene rings is 1. The van der Waals surface area contributed by atoms with Gasteiger partial charge in [0.05, 0.1) is 18.7 Å². The van der Waals surface area contributed by atoms with Crippen LogP contribution in [0.5, 0.6) is 5.75 Å². The van der Waals surface area contributed by atoms with Gasteiger partial charge in [-0.1, -0.05) is 23.8 Å². The summed E-state index contributed by atoms with van der Waals surface area (Å²) in [5.74, 6) is 1.01. The first-order valence-corrected chi connectivity index (χ1v) is 10.9. The lowest BCUT2D eigenvalue weighted by molar-refractivity contribution is -0.131. The molecule has 2 aromatic heterocycles. The highest BCUT2D eigenvalue weighted by atomic mass is 32.1. The molecule has 1 aromatic carbocycles. The second-order valence-electron chi connectivity index (χ2n) is 6.84. The molecule has 4 rings (SSSR count). The molecule has 0 spiro atoms. The van der Waals surface area contributed by atoms with Crippen LogP contribution < -0.4 is 4.74 Å². The summed E-state index contributed by atoms with van der Waals surface area (Å²) in [6, 6.07) is 12.5. The van der Waals surface area contributed by atoms with Gasteiger partial charge in [-0.3, -0.25) is 4.79 Å². The van der Waals surface area contributed by atoms with Gasteiger partial charge in [0.15, 0.2) is 0 Å². The lowest BCUT2D eigenvalue weighted by Gasteiger charge is -2.21. The average Bonchev–Trinajstić information content (AvgIpc) is 3.18. The van der Waals surface area contributed by atoms with Gasteiger partial charge >= 0.3 is 0 Å². The number of aryl methyl sites for hydroxylation is 1. The number of amides is 1. The predicted molar refractivity (Wildman–Crippen MR) is 109 cm³/mol. The third kappa shape index (κ3) is 4.96. The molecule has 1 aliphatic carbocycles. The quantitative estimate of drug-likeness (QED) is 0.546. The fourth-order valence-corrected chi connectivity index (χ4v) is 4.32. The Morgan fingerprint density at radius 3 is 2.74 bits per heavy atom. The number of thiazole rings is 1. The van der Waals surface area contributed by atoms with E-state index in [4.69, 9.17) is 4.74 Å². The molecule has 2 heterocycles. The van der Waals surface area contributed by atoms with Crippen LogP contribution in [0.15, 0.2) is 47.2 Å². The molecule has 1 aliphatic rings. The van der Waals surface area contributed by atoms with E-state index >= 15 is 0 Å². The lowest BCUT2D eigenvalue weighted by atomic mass is 10.2. The van der Waals surface area contributed by atoms with Gasteiger partial charge in [0.2, 0.25) is 5.91 Å². The smallest absolute Gasteiger partial charge is 0.229 e. The van der Waals surface area contributed by atoms with Crippen molar-refractivity contribution in [2.45, 2.75) is 45.4 Å². The van der Waals surface area contributed by atoms with E-state index in [1.165, 1.54) is 10.4 Å². The maximum Gasteiger partial charge on any atom is 0.229 e. The van der Waals surface area contributed by atoms with E-state index in [1.54, 1.807) is 22.7 Å². The number of hydrogen-bond donors (Lipinski definition) is 0. The molecule has 140 valence electrons. The number of carbonyl (C=O) groups is 1. The van der Waals surface area contributed by atoms with Crippen molar-refractivity contribution in [3.8, 4) is 5.75 Å². The van der Waals surface area contributed by atoms with Crippen molar-refractivity contribution in [1.29, 1.82) is 0 Å². The molecule has 0 radical (unpaired) electrons. The SMILES string of the molecule is Cc1ccc(OCc2nc(CC(=O)N(Cc3cccs3)C3CC3)cs2)cc1. The molecule has 1 amide bonds. The van der Waals surface area contributed by atoms with Gasteiger partial charge in [-0.05, 0) is 43.3 Å². The van der Waals surface area contributed by atoms with Crippen LogP contribution in [0.3, 0.4) is 0 Å². The summed E-state index contributed by atoms with van der Waals surface area (Å²) in [5, 5.41) is 4.93. The van der Waals surface area contributed by atoms with Gasteiger partial charge in [-0.2, -0.15) is 0 Å². The molecule has 0 N–H and O–H groups in total. The van der Waals surface area contributed by atoms with E-state index in [1.807, 2.05) is 40.6 Å². The summed E-state index contributed by atoms with van der Waals surface area (Å²) in [7, 11) is 0. The van der Waals surface area contributed by atoms with Crippen molar-refractivity contribution >= 4 is 28.6 Å².